The van der Waals surface area contributed by atoms with Gasteiger partial charge in [-0.1, -0.05) is 13.0 Å². The van der Waals surface area contributed by atoms with Gasteiger partial charge >= 0.3 is 0 Å². The smallest absolute Gasteiger partial charge is 0.255 e. The average Bonchev–Trinajstić information content (AvgIpc) is 2.93. The molecule has 1 aliphatic heterocycles. The molecule has 1 aliphatic carbocycles. The Morgan fingerprint density at radius 3 is 2.50 bits per heavy atom. The molecule has 3 atom stereocenters. The van der Waals surface area contributed by atoms with Crippen LogP contribution < -0.4 is 10.2 Å². The van der Waals surface area contributed by atoms with Crippen LogP contribution in [0.3, 0.4) is 0 Å². The number of anilines is 2. The van der Waals surface area contributed by atoms with E-state index in [0.717, 1.165) is 19.3 Å². The Labute approximate surface area is 162 Å². The first kappa shape index (κ1) is 18.3. The predicted molar refractivity (Wildman–Crippen MR) is 103 cm³/mol. The number of nitrogens with one attached hydrogen (secondary N) is 1. The van der Waals surface area contributed by atoms with Gasteiger partial charge in [0.1, 0.15) is 5.82 Å². The third-order valence-corrected chi connectivity index (χ3v) is 5.66. The molecule has 2 aromatic rings. The van der Waals surface area contributed by atoms with Gasteiger partial charge in [-0.15, -0.1) is 0 Å². The third-order valence-electron chi connectivity index (χ3n) is 5.66. The Morgan fingerprint density at radius 2 is 1.75 bits per heavy atom. The number of rotatable bonds is 3. The van der Waals surface area contributed by atoms with Crippen molar-refractivity contribution < 1.29 is 18.8 Å². The van der Waals surface area contributed by atoms with Crippen molar-refractivity contribution in [3.05, 3.63) is 59.9 Å². The van der Waals surface area contributed by atoms with Crippen molar-refractivity contribution in [3.8, 4) is 0 Å². The fraction of sp³-hybridized carbons (Fsp3) is 0.318. The molecule has 2 aromatic carbocycles. The van der Waals surface area contributed by atoms with Gasteiger partial charge in [-0.3, -0.25) is 19.3 Å². The van der Waals surface area contributed by atoms with Gasteiger partial charge in [0.2, 0.25) is 11.8 Å². The Balaban J connectivity index is 1.56. The second kappa shape index (κ2) is 7.19. The average molecular weight is 380 g/mol. The summed E-state index contributed by atoms with van der Waals surface area (Å²) in [6, 6.07) is 11.9. The number of amides is 3. The van der Waals surface area contributed by atoms with Crippen molar-refractivity contribution >= 4 is 29.1 Å². The second-order valence-electron chi connectivity index (χ2n) is 7.65. The lowest BCUT2D eigenvalue weighted by Gasteiger charge is -2.25. The third kappa shape index (κ3) is 3.30. The van der Waals surface area contributed by atoms with E-state index in [1.807, 2.05) is 0 Å². The highest BCUT2D eigenvalue weighted by molar-refractivity contribution is 6.22. The van der Waals surface area contributed by atoms with Crippen LogP contribution in [0.25, 0.3) is 0 Å². The highest BCUT2D eigenvalue weighted by atomic mass is 19.1. The fourth-order valence-electron chi connectivity index (χ4n) is 4.17. The van der Waals surface area contributed by atoms with Crippen molar-refractivity contribution in [2.75, 3.05) is 10.2 Å². The summed E-state index contributed by atoms with van der Waals surface area (Å²) in [6.45, 7) is 2.11. The zero-order chi connectivity index (χ0) is 19.8. The molecule has 1 saturated heterocycles. The number of carbonyl (C=O) groups excluding carboxylic acids is 3. The van der Waals surface area contributed by atoms with E-state index >= 15 is 0 Å². The molecule has 0 aromatic heterocycles. The zero-order valence-electron chi connectivity index (χ0n) is 15.5. The first-order valence-corrected chi connectivity index (χ1v) is 9.49. The molecule has 4 rings (SSSR count). The molecule has 0 spiro atoms. The summed E-state index contributed by atoms with van der Waals surface area (Å²) in [6.07, 6.45) is 2.42. The van der Waals surface area contributed by atoms with Crippen LogP contribution in [0.5, 0.6) is 0 Å². The molecule has 3 amide bonds. The summed E-state index contributed by atoms with van der Waals surface area (Å²) in [4.78, 5) is 39.5. The number of hydrogen-bond acceptors (Lipinski definition) is 3. The maximum atomic E-state index is 13.0. The van der Waals surface area contributed by atoms with Crippen molar-refractivity contribution in [2.24, 2.45) is 17.8 Å². The minimum atomic E-state index is -0.390. The summed E-state index contributed by atoms with van der Waals surface area (Å²) in [5.41, 5.74) is 1.21. The molecule has 2 fully saturated rings. The van der Waals surface area contributed by atoms with E-state index in [2.05, 4.69) is 12.2 Å². The summed E-state index contributed by atoms with van der Waals surface area (Å²) >= 11 is 0. The molecule has 0 unspecified atom stereocenters. The molecule has 1 N–H and O–H groups in total. The molecule has 6 heteroatoms. The SMILES string of the molecule is C[C@@H]1CC[C@@H]2C(=O)N(c3cccc(C(=O)Nc4ccc(F)cc4)c3)C(=O)[C@@H]2C1. The van der Waals surface area contributed by atoms with Gasteiger partial charge < -0.3 is 5.32 Å². The van der Waals surface area contributed by atoms with Crippen LogP contribution in [0.15, 0.2) is 48.5 Å². The van der Waals surface area contributed by atoms with Crippen molar-refractivity contribution in [1.29, 1.82) is 0 Å². The molecule has 1 heterocycles. The molecule has 144 valence electrons. The molecule has 0 bridgehead atoms. The Hall–Kier alpha value is -3.02. The van der Waals surface area contributed by atoms with Gasteiger partial charge in [0, 0.05) is 11.3 Å². The lowest BCUT2D eigenvalue weighted by Crippen LogP contribution is -2.31. The van der Waals surface area contributed by atoms with Crippen LogP contribution in [0, 0.1) is 23.6 Å². The monoisotopic (exact) mass is 380 g/mol. The van der Waals surface area contributed by atoms with E-state index in [9.17, 15) is 18.8 Å². The molecule has 1 saturated carbocycles. The first-order valence-electron chi connectivity index (χ1n) is 9.49. The van der Waals surface area contributed by atoms with E-state index in [4.69, 9.17) is 0 Å². The van der Waals surface area contributed by atoms with Crippen LogP contribution in [-0.4, -0.2) is 17.7 Å². The minimum Gasteiger partial charge on any atom is -0.322 e. The number of hydrogen-bond donors (Lipinski definition) is 1. The summed E-state index contributed by atoms with van der Waals surface area (Å²) < 4.78 is 13.0. The van der Waals surface area contributed by atoms with Gasteiger partial charge in [-0.05, 0) is 67.6 Å². The number of nitrogens with zero attached hydrogens (tertiary/aromatic N) is 1. The van der Waals surface area contributed by atoms with E-state index in [0.29, 0.717) is 22.9 Å². The number of fused-ring (bicyclic) bond motifs is 1. The fourth-order valence-corrected chi connectivity index (χ4v) is 4.17. The van der Waals surface area contributed by atoms with E-state index in [1.165, 1.54) is 29.2 Å². The predicted octanol–water partition coefficient (Wildman–Crippen LogP) is 4.00. The van der Waals surface area contributed by atoms with Crippen LogP contribution in [0.2, 0.25) is 0 Å². The maximum Gasteiger partial charge on any atom is 0.255 e. The molecule has 2 aliphatic rings. The van der Waals surface area contributed by atoms with E-state index in [1.54, 1.807) is 24.3 Å². The van der Waals surface area contributed by atoms with Crippen LogP contribution in [0.1, 0.15) is 36.5 Å². The van der Waals surface area contributed by atoms with Crippen molar-refractivity contribution in [3.63, 3.8) is 0 Å². The molecule has 5 nitrogen and oxygen atoms in total. The number of carbonyl (C=O) groups is 3. The topological polar surface area (TPSA) is 66.5 Å². The number of benzene rings is 2. The van der Waals surface area contributed by atoms with Crippen LogP contribution in [0.4, 0.5) is 15.8 Å². The van der Waals surface area contributed by atoms with E-state index < -0.39 is 5.91 Å². The highest BCUT2D eigenvalue weighted by Crippen LogP contribution is 2.42. The molecular weight excluding hydrogens is 359 g/mol. The van der Waals surface area contributed by atoms with Gasteiger partial charge in [-0.25, -0.2) is 4.39 Å². The van der Waals surface area contributed by atoms with Crippen LogP contribution in [-0.2, 0) is 9.59 Å². The standard InChI is InChI=1S/C22H21FN2O3/c1-13-5-10-18-19(11-13)22(28)25(21(18)27)17-4-2-3-14(12-17)20(26)24-16-8-6-15(23)7-9-16/h2-4,6-9,12-13,18-19H,5,10-11H2,1H3,(H,24,26)/t13-,18+,19-/m1/s1. The first-order chi connectivity index (χ1) is 13.4. The molecule has 28 heavy (non-hydrogen) atoms. The van der Waals surface area contributed by atoms with Crippen molar-refractivity contribution in [2.45, 2.75) is 26.2 Å². The Kier molecular flexibility index (Phi) is 4.71. The largest absolute Gasteiger partial charge is 0.322 e. The summed E-state index contributed by atoms with van der Waals surface area (Å²) in [7, 11) is 0. The van der Waals surface area contributed by atoms with Gasteiger partial charge in [0.25, 0.3) is 5.91 Å². The number of imide groups is 1. The van der Waals surface area contributed by atoms with Gasteiger partial charge in [0.15, 0.2) is 0 Å². The van der Waals surface area contributed by atoms with Crippen molar-refractivity contribution in [1.82, 2.24) is 0 Å². The number of halogens is 1. The molecule has 0 radical (unpaired) electrons. The maximum absolute atomic E-state index is 13.0. The van der Waals surface area contributed by atoms with Gasteiger partial charge in [-0.2, -0.15) is 0 Å². The quantitative estimate of drug-likeness (QED) is 0.819. The van der Waals surface area contributed by atoms with Gasteiger partial charge in [0.05, 0.1) is 17.5 Å². The minimum absolute atomic E-state index is 0.169. The normalized spacial score (nSPS) is 24.2. The van der Waals surface area contributed by atoms with E-state index in [-0.39, 0.29) is 29.5 Å². The second-order valence-corrected chi connectivity index (χ2v) is 7.65. The lowest BCUT2D eigenvalue weighted by atomic mass is 9.76. The van der Waals surface area contributed by atoms with Crippen LogP contribution >= 0.6 is 0 Å². The highest BCUT2D eigenvalue weighted by Gasteiger charge is 2.50. The zero-order valence-corrected chi connectivity index (χ0v) is 15.5. The lowest BCUT2D eigenvalue weighted by molar-refractivity contribution is -0.122. The Morgan fingerprint density at radius 1 is 1.04 bits per heavy atom. The summed E-state index contributed by atoms with van der Waals surface area (Å²) in [5, 5.41) is 2.69. The summed E-state index contributed by atoms with van der Waals surface area (Å²) in [5.74, 6) is -1.19. The molecular formula is C22H21FN2O3. The Bertz CT molecular complexity index is 941.